The lowest BCUT2D eigenvalue weighted by atomic mass is 9.80. The van der Waals surface area contributed by atoms with Crippen LogP contribution >= 0.6 is 0 Å². The number of fused-ring (bicyclic) bond motifs is 1. The Morgan fingerprint density at radius 2 is 1.45 bits per heavy atom. The summed E-state index contributed by atoms with van der Waals surface area (Å²) >= 11 is 0. The number of imide groups is 1. The molecule has 0 atom stereocenters. The molecular weight excluding hydrogens is 427 g/mol. The van der Waals surface area contributed by atoms with Crippen LogP contribution in [-0.2, 0) is 18.8 Å². The second-order valence-corrected chi connectivity index (χ2v) is 11.1. The number of amides is 2. The molecule has 1 aliphatic heterocycles. The van der Waals surface area contributed by atoms with Gasteiger partial charge in [-0.05, 0) is 86.8 Å². The van der Waals surface area contributed by atoms with Crippen LogP contribution in [0.1, 0.15) is 69.2 Å². The number of anilines is 1. The Bertz CT molecular complexity index is 1020. The Balaban J connectivity index is 1.97. The zero-order chi connectivity index (χ0) is 25.0. The number of carbonyl (C=O) groups is 2. The fraction of sp³-hybridized carbons (Fsp3) is 0.636. The first-order valence-electron chi connectivity index (χ1n) is 10.9. The van der Waals surface area contributed by atoms with Crippen molar-refractivity contribution in [3.8, 4) is 0 Å². The smallest absolute Gasteiger partial charge is 0.443 e. The van der Waals surface area contributed by atoms with E-state index in [1.165, 1.54) is 4.52 Å². The van der Waals surface area contributed by atoms with Crippen molar-refractivity contribution in [2.24, 2.45) is 0 Å². The van der Waals surface area contributed by atoms with E-state index >= 15 is 0 Å². The van der Waals surface area contributed by atoms with Crippen LogP contribution in [0.4, 0.5) is 15.5 Å². The van der Waals surface area contributed by atoms with Crippen molar-refractivity contribution >= 4 is 36.4 Å². The first-order chi connectivity index (χ1) is 14.9. The van der Waals surface area contributed by atoms with E-state index in [4.69, 9.17) is 18.8 Å². The summed E-state index contributed by atoms with van der Waals surface area (Å²) in [6.45, 7) is 18.1. The molecule has 1 fully saturated rings. The molecule has 2 amide bonds. The Morgan fingerprint density at radius 1 is 0.970 bits per heavy atom. The normalized spacial score (nSPS) is 17.8. The van der Waals surface area contributed by atoms with Gasteiger partial charge in [0.25, 0.3) is 5.95 Å². The fourth-order valence-electron chi connectivity index (χ4n) is 2.96. The molecule has 3 rings (SSSR count). The Morgan fingerprint density at radius 3 is 1.91 bits per heavy atom. The summed E-state index contributed by atoms with van der Waals surface area (Å²) in [5, 5.41) is 4.29. The van der Waals surface area contributed by atoms with Gasteiger partial charge in [-0.3, -0.25) is 0 Å². The highest BCUT2D eigenvalue weighted by atomic mass is 16.7. The number of ether oxygens (including phenoxy) is 2. The average molecular weight is 460 g/mol. The largest absolute Gasteiger partial charge is 0.495 e. The second-order valence-electron chi connectivity index (χ2n) is 11.1. The van der Waals surface area contributed by atoms with E-state index < -0.39 is 41.7 Å². The van der Waals surface area contributed by atoms with Gasteiger partial charge < -0.3 is 18.8 Å². The minimum atomic E-state index is -0.932. The molecule has 0 bridgehead atoms. The number of pyridine rings is 1. The lowest BCUT2D eigenvalue weighted by Crippen LogP contribution is -2.44. The van der Waals surface area contributed by atoms with Crippen LogP contribution in [-0.4, -0.2) is 56.3 Å². The number of hydrogen-bond donors (Lipinski definition) is 0. The van der Waals surface area contributed by atoms with Gasteiger partial charge in [0.2, 0.25) is 0 Å². The van der Waals surface area contributed by atoms with Gasteiger partial charge in [0.1, 0.15) is 11.2 Å². The molecule has 0 aromatic carbocycles. The van der Waals surface area contributed by atoms with Crippen LogP contribution in [0.25, 0.3) is 5.65 Å². The van der Waals surface area contributed by atoms with Gasteiger partial charge in [0, 0.05) is 6.20 Å². The maximum absolute atomic E-state index is 12.9. The monoisotopic (exact) mass is 460 g/mol. The van der Waals surface area contributed by atoms with Crippen molar-refractivity contribution in [2.75, 3.05) is 4.90 Å². The van der Waals surface area contributed by atoms with Gasteiger partial charge in [0.15, 0.2) is 5.65 Å². The molecule has 180 valence electrons. The summed E-state index contributed by atoms with van der Waals surface area (Å²) in [7, 11) is -0.590. The van der Waals surface area contributed by atoms with Crippen LogP contribution < -0.4 is 10.4 Å². The average Bonchev–Trinajstić information content (AvgIpc) is 3.08. The van der Waals surface area contributed by atoms with Crippen LogP contribution in [0.15, 0.2) is 18.3 Å². The zero-order valence-corrected chi connectivity index (χ0v) is 21.0. The van der Waals surface area contributed by atoms with Crippen LogP contribution in [0.2, 0.25) is 0 Å². The van der Waals surface area contributed by atoms with E-state index in [1.807, 2.05) is 27.7 Å². The molecule has 11 heteroatoms. The summed E-state index contributed by atoms with van der Waals surface area (Å²) in [6, 6.07) is 3.53. The topological polar surface area (TPSA) is 104 Å². The summed E-state index contributed by atoms with van der Waals surface area (Å²) < 4.78 is 24.4. The number of aromatic nitrogens is 3. The SMILES string of the molecule is CC(C)(C)OC(=O)N(C(=O)OC(C)(C)C)c1nc2cc(B3OC(C)(C)C(C)(C)O3)ccn2n1. The Kier molecular flexibility index (Phi) is 6.04. The fourth-order valence-corrected chi connectivity index (χ4v) is 2.96. The van der Waals surface area contributed by atoms with Crippen LogP contribution in [0.3, 0.4) is 0 Å². The molecular formula is C22H33BN4O6. The van der Waals surface area contributed by atoms with E-state index in [0.29, 0.717) is 10.5 Å². The highest BCUT2D eigenvalue weighted by Crippen LogP contribution is 2.36. The molecule has 2 aromatic rings. The van der Waals surface area contributed by atoms with Gasteiger partial charge in [-0.2, -0.15) is 4.98 Å². The maximum atomic E-state index is 12.9. The second kappa shape index (κ2) is 7.98. The van der Waals surface area contributed by atoms with Crippen molar-refractivity contribution in [1.82, 2.24) is 14.6 Å². The molecule has 0 saturated carbocycles. The first kappa shape index (κ1) is 25.0. The molecule has 0 N–H and O–H groups in total. The standard InChI is InChI=1S/C22H33BN4O6/c1-19(2,3)30-17(28)27(18(29)31-20(4,5)6)16-24-15-13-14(11-12-26(15)25-16)23-32-21(7,8)22(9,10)33-23/h11-13H,1-10H3. The van der Waals surface area contributed by atoms with Gasteiger partial charge in [-0.1, -0.05) is 0 Å². The molecule has 10 nitrogen and oxygen atoms in total. The third-order valence-electron chi connectivity index (χ3n) is 5.23. The Labute approximate surface area is 194 Å². The van der Waals surface area contributed by atoms with E-state index in [-0.39, 0.29) is 5.95 Å². The molecule has 3 heterocycles. The van der Waals surface area contributed by atoms with E-state index in [0.717, 1.165) is 5.46 Å². The van der Waals surface area contributed by atoms with Gasteiger partial charge >= 0.3 is 19.3 Å². The summed E-state index contributed by atoms with van der Waals surface area (Å²) in [5.41, 5.74) is -1.52. The molecule has 1 saturated heterocycles. The third-order valence-corrected chi connectivity index (χ3v) is 5.23. The molecule has 2 aromatic heterocycles. The van der Waals surface area contributed by atoms with E-state index in [2.05, 4.69) is 10.1 Å². The molecule has 0 radical (unpaired) electrons. The number of hydrogen-bond acceptors (Lipinski definition) is 8. The minimum Gasteiger partial charge on any atom is -0.443 e. The number of carbonyl (C=O) groups excluding carboxylic acids is 2. The molecule has 0 spiro atoms. The van der Waals surface area contributed by atoms with Crippen molar-refractivity contribution < 1.29 is 28.4 Å². The van der Waals surface area contributed by atoms with Crippen molar-refractivity contribution in [3.63, 3.8) is 0 Å². The maximum Gasteiger partial charge on any atom is 0.495 e. The molecule has 33 heavy (non-hydrogen) atoms. The minimum absolute atomic E-state index is 0.162. The predicted octanol–water partition coefficient (Wildman–Crippen LogP) is 3.71. The molecule has 0 unspecified atom stereocenters. The lowest BCUT2D eigenvalue weighted by molar-refractivity contribution is 0.00578. The highest BCUT2D eigenvalue weighted by Gasteiger charge is 2.51. The first-order valence-corrected chi connectivity index (χ1v) is 10.9. The van der Waals surface area contributed by atoms with E-state index in [1.54, 1.807) is 59.9 Å². The molecule has 0 aliphatic carbocycles. The number of rotatable bonds is 2. The van der Waals surface area contributed by atoms with Crippen molar-refractivity contribution in [3.05, 3.63) is 18.3 Å². The van der Waals surface area contributed by atoms with Crippen molar-refractivity contribution in [1.29, 1.82) is 0 Å². The zero-order valence-electron chi connectivity index (χ0n) is 21.0. The third kappa shape index (κ3) is 5.47. The van der Waals surface area contributed by atoms with E-state index in [9.17, 15) is 9.59 Å². The van der Waals surface area contributed by atoms with Gasteiger partial charge in [-0.25, -0.2) is 14.1 Å². The number of nitrogens with zero attached hydrogens (tertiary/aromatic N) is 4. The highest BCUT2D eigenvalue weighted by molar-refractivity contribution is 6.62. The van der Waals surface area contributed by atoms with Crippen LogP contribution in [0.5, 0.6) is 0 Å². The van der Waals surface area contributed by atoms with Crippen LogP contribution in [0, 0.1) is 0 Å². The Hall–Kier alpha value is -2.66. The quantitative estimate of drug-likeness (QED) is 0.625. The summed E-state index contributed by atoms with van der Waals surface area (Å²) in [6.07, 6.45) is -0.202. The lowest BCUT2D eigenvalue weighted by Gasteiger charge is -2.32. The van der Waals surface area contributed by atoms with Gasteiger partial charge in [-0.15, -0.1) is 10.00 Å². The van der Waals surface area contributed by atoms with Crippen molar-refractivity contribution in [2.45, 2.75) is 91.6 Å². The summed E-state index contributed by atoms with van der Waals surface area (Å²) in [4.78, 5) is 30.8. The predicted molar refractivity (Wildman–Crippen MR) is 124 cm³/mol. The van der Waals surface area contributed by atoms with Gasteiger partial charge in [0.05, 0.1) is 11.2 Å². The summed E-state index contributed by atoms with van der Waals surface area (Å²) in [5.74, 6) is -0.162. The molecule has 1 aliphatic rings.